The Hall–Kier alpha value is -2.82. The van der Waals surface area contributed by atoms with Crippen LogP contribution < -0.4 is 10.2 Å². The second-order valence-corrected chi connectivity index (χ2v) is 5.87. The van der Waals surface area contributed by atoms with Crippen molar-refractivity contribution in [2.45, 2.75) is 19.8 Å². The van der Waals surface area contributed by atoms with Crippen LogP contribution in [0.2, 0.25) is 0 Å². The average Bonchev–Trinajstić information content (AvgIpc) is 3.06. The summed E-state index contributed by atoms with van der Waals surface area (Å²) < 4.78 is 5.06. The molecule has 0 saturated heterocycles. The number of para-hydroxylation sites is 2. The van der Waals surface area contributed by atoms with Crippen LogP contribution in [0.3, 0.4) is 0 Å². The summed E-state index contributed by atoms with van der Waals surface area (Å²) >= 11 is 0. The number of esters is 1. The normalized spacial score (nSPS) is 12.6. The summed E-state index contributed by atoms with van der Waals surface area (Å²) in [6, 6.07) is 15.2. The number of hydrogen-bond acceptors (Lipinski definition) is 4. The van der Waals surface area contributed by atoms with E-state index in [9.17, 15) is 9.59 Å². The summed E-state index contributed by atoms with van der Waals surface area (Å²) in [5, 5.41) is 3.18. The third-order valence-electron chi connectivity index (χ3n) is 4.26. The van der Waals surface area contributed by atoms with Gasteiger partial charge in [0.05, 0.1) is 12.2 Å². The summed E-state index contributed by atoms with van der Waals surface area (Å²) in [4.78, 5) is 26.3. The van der Waals surface area contributed by atoms with Crippen LogP contribution in [0.4, 0.5) is 11.4 Å². The SMILES string of the molecule is CCOC(=O)c1ccccc1NCCC(=O)N1CCc2ccccc21. The number of nitrogens with one attached hydrogen (secondary N) is 1. The van der Waals surface area contributed by atoms with Gasteiger partial charge in [-0.2, -0.15) is 0 Å². The van der Waals surface area contributed by atoms with Gasteiger partial charge in [0.25, 0.3) is 0 Å². The standard InChI is InChI=1S/C20H22N2O3/c1-2-25-20(24)16-8-4-5-9-17(16)21-13-11-19(23)22-14-12-15-7-3-6-10-18(15)22/h3-10,21H,2,11-14H2,1H3. The van der Waals surface area contributed by atoms with Crippen molar-refractivity contribution < 1.29 is 14.3 Å². The maximum Gasteiger partial charge on any atom is 0.340 e. The van der Waals surface area contributed by atoms with Crippen molar-refractivity contribution in [2.75, 3.05) is 29.9 Å². The van der Waals surface area contributed by atoms with Crippen LogP contribution in [-0.4, -0.2) is 31.6 Å². The van der Waals surface area contributed by atoms with E-state index in [4.69, 9.17) is 4.74 Å². The third kappa shape index (κ3) is 3.82. The molecular weight excluding hydrogens is 316 g/mol. The molecule has 1 heterocycles. The molecule has 1 amide bonds. The van der Waals surface area contributed by atoms with E-state index >= 15 is 0 Å². The zero-order valence-corrected chi connectivity index (χ0v) is 14.3. The molecule has 0 radical (unpaired) electrons. The minimum Gasteiger partial charge on any atom is -0.462 e. The molecule has 2 aromatic rings. The van der Waals surface area contributed by atoms with Crippen molar-refractivity contribution in [1.29, 1.82) is 0 Å². The van der Waals surface area contributed by atoms with Crippen molar-refractivity contribution in [3.8, 4) is 0 Å². The Labute approximate surface area is 147 Å². The monoisotopic (exact) mass is 338 g/mol. The van der Waals surface area contributed by atoms with Crippen molar-refractivity contribution in [3.05, 3.63) is 59.7 Å². The smallest absolute Gasteiger partial charge is 0.340 e. The van der Waals surface area contributed by atoms with E-state index < -0.39 is 0 Å². The highest BCUT2D eigenvalue weighted by Gasteiger charge is 2.23. The van der Waals surface area contributed by atoms with Gasteiger partial charge in [0, 0.05) is 30.9 Å². The van der Waals surface area contributed by atoms with Gasteiger partial charge in [-0.25, -0.2) is 4.79 Å². The molecule has 0 bridgehead atoms. The summed E-state index contributed by atoms with van der Waals surface area (Å²) in [5.41, 5.74) is 3.41. The molecule has 0 spiro atoms. The van der Waals surface area contributed by atoms with Gasteiger partial charge in [-0.3, -0.25) is 4.79 Å². The fraction of sp³-hybridized carbons (Fsp3) is 0.300. The number of rotatable bonds is 6. The Morgan fingerprint density at radius 1 is 1.12 bits per heavy atom. The predicted molar refractivity (Wildman–Crippen MR) is 98.0 cm³/mol. The molecule has 0 fully saturated rings. The highest BCUT2D eigenvalue weighted by Crippen LogP contribution is 2.27. The molecule has 0 aromatic heterocycles. The fourth-order valence-corrected chi connectivity index (χ4v) is 3.06. The lowest BCUT2D eigenvalue weighted by Gasteiger charge is -2.18. The van der Waals surface area contributed by atoms with Crippen LogP contribution in [0, 0.1) is 0 Å². The molecule has 130 valence electrons. The highest BCUT2D eigenvalue weighted by molar-refractivity contribution is 5.97. The van der Waals surface area contributed by atoms with Crippen molar-refractivity contribution >= 4 is 23.3 Å². The van der Waals surface area contributed by atoms with E-state index in [1.807, 2.05) is 35.2 Å². The summed E-state index contributed by atoms with van der Waals surface area (Å²) in [7, 11) is 0. The largest absolute Gasteiger partial charge is 0.462 e. The molecular formula is C20H22N2O3. The molecule has 25 heavy (non-hydrogen) atoms. The van der Waals surface area contributed by atoms with Gasteiger partial charge in [0.15, 0.2) is 0 Å². The van der Waals surface area contributed by atoms with E-state index in [1.165, 1.54) is 5.56 Å². The van der Waals surface area contributed by atoms with E-state index in [1.54, 1.807) is 19.1 Å². The van der Waals surface area contributed by atoms with Crippen LogP contribution in [0.5, 0.6) is 0 Å². The molecule has 0 unspecified atom stereocenters. The second kappa shape index (κ2) is 7.83. The number of benzene rings is 2. The third-order valence-corrected chi connectivity index (χ3v) is 4.26. The van der Waals surface area contributed by atoms with Gasteiger partial charge >= 0.3 is 5.97 Å². The Balaban J connectivity index is 1.59. The zero-order valence-electron chi connectivity index (χ0n) is 14.3. The van der Waals surface area contributed by atoms with Gasteiger partial charge < -0.3 is 15.0 Å². The number of amides is 1. The molecule has 0 aliphatic carbocycles. The summed E-state index contributed by atoms with van der Waals surface area (Å²) in [6.07, 6.45) is 1.27. The quantitative estimate of drug-likeness (QED) is 0.822. The first-order valence-electron chi connectivity index (χ1n) is 8.59. The maximum absolute atomic E-state index is 12.5. The molecule has 5 heteroatoms. The molecule has 5 nitrogen and oxygen atoms in total. The number of hydrogen-bond donors (Lipinski definition) is 1. The minimum absolute atomic E-state index is 0.0889. The van der Waals surface area contributed by atoms with Gasteiger partial charge in [0.2, 0.25) is 5.91 Å². The average molecular weight is 338 g/mol. The van der Waals surface area contributed by atoms with Crippen LogP contribution in [0.25, 0.3) is 0 Å². The van der Waals surface area contributed by atoms with Crippen molar-refractivity contribution in [2.24, 2.45) is 0 Å². The number of anilines is 2. The molecule has 3 rings (SSSR count). The molecule has 0 atom stereocenters. The minimum atomic E-state index is -0.356. The van der Waals surface area contributed by atoms with E-state index in [0.717, 1.165) is 18.7 Å². The lowest BCUT2D eigenvalue weighted by Crippen LogP contribution is -2.30. The van der Waals surface area contributed by atoms with Gasteiger partial charge in [-0.1, -0.05) is 30.3 Å². The van der Waals surface area contributed by atoms with Crippen molar-refractivity contribution in [3.63, 3.8) is 0 Å². The van der Waals surface area contributed by atoms with Gasteiger partial charge in [0.1, 0.15) is 0 Å². The molecule has 1 aliphatic heterocycles. The van der Waals surface area contributed by atoms with E-state index in [0.29, 0.717) is 30.8 Å². The van der Waals surface area contributed by atoms with Crippen LogP contribution in [0.15, 0.2) is 48.5 Å². The first-order valence-corrected chi connectivity index (χ1v) is 8.59. The lowest BCUT2D eigenvalue weighted by atomic mass is 10.1. The van der Waals surface area contributed by atoms with Gasteiger partial charge in [-0.05, 0) is 37.1 Å². The molecule has 0 saturated carbocycles. The first kappa shape index (κ1) is 17.0. The summed E-state index contributed by atoms with van der Waals surface area (Å²) in [5.74, 6) is -0.267. The summed E-state index contributed by atoms with van der Waals surface area (Å²) in [6.45, 7) is 3.31. The van der Waals surface area contributed by atoms with Gasteiger partial charge in [-0.15, -0.1) is 0 Å². The van der Waals surface area contributed by atoms with E-state index in [2.05, 4.69) is 11.4 Å². The maximum atomic E-state index is 12.5. The topological polar surface area (TPSA) is 58.6 Å². The molecule has 1 N–H and O–H groups in total. The Morgan fingerprint density at radius 3 is 2.72 bits per heavy atom. The highest BCUT2D eigenvalue weighted by atomic mass is 16.5. The fourth-order valence-electron chi connectivity index (χ4n) is 3.06. The van der Waals surface area contributed by atoms with Crippen LogP contribution >= 0.6 is 0 Å². The number of carbonyl (C=O) groups is 2. The predicted octanol–water partition coefficient (Wildman–Crippen LogP) is 3.25. The lowest BCUT2D eigenvalue weighted by molar-refractivity contribution is -0.118. The van der Waals surface area contributed by atoms with Crippen LogP contribution in [0.1, 0.15) is 29.3 Å². The number of ether oxygens (including phenoxy) is 1. The number of fused-ring (bicyclic) bond motifs is 1. The van der Waals surface area contributed by atoms with Crippen molar-refractivity contribution in [1.82, 2.24) is 0 Å². The Kier molecular flexibility index (Phi) is 5.33. The van der Waals surface area contributed by atoms with E-state index in [-0.39, 0.29) is 11.9 Å². The first-order chi connectivity index (χ1) is 12.2. The van der Waals surface area contributed by atoms with Crippen LogP contribution in [-0.2, 0) is 16.0 Å². The number of carbonyl (C=O) groups excluding carboxylic acids is 2. The number of nitrogens with zero attached hydrogens (tertiary/aromatic N) is 1. The molecule has 2 aromatic carbocycles. The second-order valence-electron chi connectivity index (χ2n) is 5.87. The molecule has 1 aliphatic rings. The Morgan fingerprint density at radius 2 is 1.88 bits per heavy atom. The zero-order chi connectivity index (χ0) is 17.6. The Bertz CT molecular complexity index is 773.